The molecule has 1 aliphatic carbocycles. The molecule has 21 heavy (non-hydrogen) atoms. The molecule has 1 aliphatic rings. The van der Waals surface area contributed by atoms with Crippen LogP contribution in [0.15, 0.2) is 24.3 Å². The van der Waals surface area contributed by atoms with Gasteiger partial charge in [0.25, 0.3) is 0 Å². The topological polar surface area (TPSA) is 47.6 Å². The largest absolute Gasteiger partial charge is 0.482 e. The number of hydrogen-bond donors (Lipinski definition) is 1. The molecule has 4 heteroatoms. The summed E-state index contributed by atoms with van der Waals surface area (Å²) in [4.78, 5) is 11.0. The second kappa shape index (κ2) is 7.91. The molecule has 0 amide bonds. The Morgan fingerprint density at radius 3 is 2.71 bits per heavy atom. The first kappa shape index (κ1) is 15.7. The van der Waals surface area contributed by atoms with E-state index < -0.39 is 0 Å². The van der Waals surface area contributed by atoms with Crippen molar-refractivity contribution in [1.82, 2.24) is 0 Å². The molecule has 116 valence electrons. The molecule has 2 unspecified atom stereocenters. The standard InChI is InChI=1S/C17H25NO3/c1-3-13-5-4-6-15(11-13)18-14-7-9-16(10-8-14)21-12-17(19)20-2/h7-10,13,15,18H,3-6,11-12H2,1-2H3. The third-order valence-electron chi connectivity index (χ3n) is 4.17. The van der Waals surface area contributed by atoms with Crippen LogP contribution in [0.25, 0.3) is 0 Å². The van der Waals surface area contributed by atoms with Crippen LogP contribution in [0.2, 0.25) is 0 Å². The molecule has 0 radical (unpaired) electrons. The number of methoxy groups -OCH3 is 1. The lowest BCUT2D eigenvalue weighted by molar-refractivity contribution is -0.142. The van der Waals surface area contributed by atoms with Crippen molar-refractivity contribution in [2.75, 3.05) is 19.0 Å². The summed E-state index contributed by atoms with van der Waals surface area (Å²) in [5.74, 6) is 1.17. The van der Waals surface area contributed by atoms with Gasteiger partial charge >= 0.3 is 5.97 Å². The zero-order valence-corrected chi connectivity index (χ0v) is 12.9. The van der Waals surface area contributed by atoms with E-state index in [4.69, 9.17) is 4.74 Å². The quantitative estimate of drug-likeness (QED) is 0.813. The SMILES string of the molecule is CCC1CCCC(Nc2ccc(OCC(=O)OC)cc2)C1. The van der Waals surface area contributed by atoms with E-state index >= 15 is 0 Å². The summed E-state index contributed by atoms with van der Waals surface area (Å²) >= 11 is 0. The molecular weight excluding hydrogens is 266 g/mol. The number of nitrogens with one attached hydrogen (secondary N) is 1. The number of benzene rings is 1. The van der Waals surface area contributed by atoms with E-state index in [-0.39, 0.29) is 12.6 Å². The summed E-state index contributed by atoms with van der Waals surface area (Å²) in [5, 5.41) is 3.60. The number of rotatable bonds is 6. The molecule has 2 rings (SSSR count). The average molecular weight is 291 g/mol. The van der Waals surface area contributed by atoms with Gasteiger partial charge in [-0.2, -0.15) is 0 Å². The normalized spacial score (nSPS) is 21.6. The summed E-state index contributed by atoms with van der Waals surface area (Å²) < 4.78 is 9.88. The van der Waals surface area contributed by atoms with Crippen LogP contribution in [0.3, 0.4) is 0 Å². The van der Waals surface area contributed by atoms with Gasteiger partial charge in [0.05, 0.1) is 7.11 Å². The summed E-state index contributed by atoms with van der Waals surface area (Å²) in [6, 6.07) is 8.34. The fourth-order valence-corrected chi connectivity index (χ4v) is 2.88. The second-order valence-corrected chi connectivity index (χ2v) is 5.67. The van der Waals surface area contributed by atoms with E-state index in [2.05, 4.69) is 17.0 Å². The highest BCUT2D eigenvalue weighted by Gasteiger charge is 2.20. The van der Waals surface area contributed by atoms with Crippen molar-refractivity contribution < 1.29 is 14.3 Å². The minimum atomic E-state index is -0.370. The zero-order chi connectivity index (χ0) is 15.1. The van der Waals surface area contributed by atoms with Crippen molar-refractivity contribution in [3.63, 3.8) is 0 Å². The summed E-state index contributed by atoms with van der Waals surface area (Å²) in [6.07, 6.45) is 6.47. The third kappa shape index (κ3) is 4.96. The molecule has 4 nitrogen and oxygen atoms in total. The summed E-state index contributed by atoms with van der Waals surface area (Å²) in [7, 11) is 1.35. The van der Waals surface area contributed by atoms with Gasteiger partial charge in [-0.1, -0.05) is 26.2 Å². The van der Waals surface area contributed by atoms with E-state index in [1.807, 2.05) is 24.3 Å². The molecule has 0 heterocycles. The van der Waals surface area contributed by atoms with Gasteiger partial charge in [-0.15, -0.1) is 0 Å². The van der Waals surface area contributed by atoms with Gasteiger partial charge in [0.2, 0.25) is 0 Å². The first-order valence-corrected chi connectivity index (χ1v) is 7.77. The molecule has 1 fully saturated rings. The van der Waals surface area contributed by atoms with Crippen molar-refractivity contribution in [1.29, 1.82) is 0 Å². The molecule has 1 N–H and O–H groups in total. The van der Waals surface area contributed by atoms with Crippen molar-refractivity contribution in [3.05, 3.63) is 24.3 Å². The fraction of sp³-hybridized carbons (Fsp3) is 0.588. The minimum Gasteiger partial charge on any atom is -0.482 e. The van der Waals surface area contributed by atoms with Crippen molar-refractivity contribution in [2.24, 2.45) is 5.92 Å². The van der Waals surface area contributed by atoms with Crippen LogP contribution < -0.4 is 10.1 Å². The van der Waals surface area contributed by atoms with E-state index in [9.17, 15) is 4.79 Å². The predicted molar refractivity (Wildman–Crippen MR) is 83.6 cm³/mol. The highest BCUT2D eigenvalue weighted by molar-refractivity contribution is 5.70. The van der Waals surface area contributed by atoms with Gasteiger partial charge in [0, 0.05) is 11.7 Å². The number of carbonyl (C=O) groups excluding carboxylic acids is 1. The van der Waals surface area contributed by atoms with Crippen LogP contribution in [0.4, 0.5) is 5.69 Å². The Kier molecular flexibility index (Phi) is 5.90. The van der Waals surface area contributed by atoms with Crippen LogP contribution in [-0.2, 0) is 9.53 Å². The number of anilines is 1. The maximum atomic E-state index is 11.0. The average Bonchev–Trinajstić information content (AvgIpc) is 2.54. The Morgan fingerprint density at radius 2 is 2.05 bits per heavy atom. The van der Waals surface area contributed by atoms with Gasteiger partial charge in [0.15, 0.2) is 6.61 Å². The molecule has 0 aromatic heterocycles. The van der Waals surface area contributed by atoms with Gasteiger partial charge in [-0.3, -0.25) is 0 Å². The van der Waals surface area contributed by atoms with Crippen LogP contribution in [0.5, 0.6) is 5.75 Å². The Balaban J connectivity index is 1.83. The van der Waals surface area contributed by atoms with Gasteiger partial charge < -0.3 is 14.8 Å². The molecule has 0 spiro atoms. The van der Waals surface area contributed by atoms with Gasteiger partial charge in [-0.25, -0.2) is 4.79 Å². The lowest BCUT2D eigenvalue weighted by Crippen LogP contribution is -2.27. The smallest absolute Gasteiger partial charge is 0.343 e. The third-order valence-corrected chi connectivity index (χ3v) is 4.17. The second-order valence-electron chi connectivity index (χ2n) is 5.67. The zero-order valence-electron chi connectivity index (χ0n) is 12.9. The molecule has 0 aliphatic heterocycles. The maximum Gasteiger partial charge on any atom is 0.343 e. The van der Waals surface area contributed by atoms with Crippen LogP contribution in [-0.4, -0.2) is 25.7 Å². The molecule has 1 saturated carbocycles. The van der Waals surface area contributed by atoms with Crippen LogP contribution >= 0.6 is 0 Å². The molecule has 1 aromatic carbocycles. The number of esters is 1. The Labute approximate surface area is 126 Å². The highest BCUT2D eigenvalue weighted by Crippen LogP contribution is 2.29. The van der Waals surface area contributed by atoms with Crippen molar-refractivity contribution in [2.45, 2.75) is 45.1 Å². The molecule has 1 aromatic rings. The lowest BCUT2D eigenvalue weighted by Gasteiger charge is -2.29. The number of hydrogen-bond acceptors (Lipinski definition) is 4. The Hall–Kier alpha value is -1.71. The van der Waals surface area contributed by atoms with Gasteiger partial charge in [0.1, 0.15) is 5.75 Å². The van der Waals surface area contributed by atoms with Crippen molar-refractivity contribution >= 4 is 11.7 Å². The highest BCUT2D eigenvalue weighted by atomic mass is 16.6. The van der Waals surface area contributed by atoms with E-state index in [1.54, 1.807) is 0 Å². The number of carbonyl (C=O) groups is 1. The van der Waals surface area contributed by atoms with E-state index in [0.29, 0.717) is 11.8 Å². The lowest BCUT2D eigenvalue weighted by atomic mass is 9.84. The van der Waals surface area contributed by atoms with Gasteiger partial charge in [-0.05, 0) is 43.0 Å². The molecular formula is C17H25NO3. The summed E-state index contributed by atoms with van der Waals surface area (Å²) in [6.45, 7) is 2.23. The summed E-state index contributed by atoms with van der Waals surface area (Å²) in [5.41, 5.74) is 1.11. The fourth-order valence-electron chi connectivity index (χ4n) is 2.88. The minimum absolute atomic E-state index is 0.0515. The van der Waals surface area contributed by atoms with Crippen molar-refractivity contribution in [3.8, 4) is 5.75 Å². The molecule has 2 atom stereocenters. The number of ether oxygens (including phenoxy) is 2. The molecule has 0 saturated heterocycles. The van der Waals surface area contributed by atoms with E-state index in [0.717, 1.165) is 11.6 Å². The van der Waals surface area contributed by atoms with E-state index in [1.165, 1.54) is 39.2 Å². The predicted octanol–water partition coefficient (Wildman–Crippen LogP) is 3.62. The Morgan fingerprint density at radius 1 is 1.29 bits per heavy atom. The monoisotopic (exact) mass is 291 g/mol. The molecule has 0 bridgehead atoms. The first-order valence-electron chi connectivity index (χ1n) is 7.77. The Bertz CT molecular complexity index is 444. The van der Waals surface area contributed by atoms with Crippen LogP contribution in [0, 0.1) is 5.92 Å². The first-order chi connectivity index (χ1) is 10.2. The maximum absolute atomic E-state index is 11.0. The van der Waals surface area contributed by atoms with Crippen LogP contribution in [0.1, 0.15) is 39.0 Å².